The van der Waals surface area contributed by atoms with Crippen molar-refractivity contribution < 1.29 is 9.53 Å². The number of piperazine rings is 1. The molecule has 1 aliphatic heterocycles. The fourth-order valence-electron chi connectivity index (χ4n) is 1.91. The van der Waals surface area contributed by atoms with E-state index in [0.29, 0.717) is 19.7 Å². The molecule has 1 unspecified atom stereocenters. The van der Waals surface area contributed by atoms with Crippen LogP contribution >= 0.6 is 0 Å². The highest BCUT2D eigenvalue weighted by Crippen LogP contribution is 2.06. The Morgan fingerprint density at radius 1 is 1.50 bits per heavy atom. The third-order valence-electron chi connectivity index (χ3n) is 2.95. The molecule has 1 aliphatic rings. The molecule has 1 saturated heterocycles. The van der Waals surface area contributed by atoms with Gasteiger partial charge in [-0.25, -0.2) is 4.79 Å². The summed E-state index contributed by atoms with van der Waals surface area (Å²) >= 11 is 0. The topological polar surface area (TPSA) is 41.6 Å². The zero-order chi connectivity index (χ0) is 12.8. The molecule has 0 aromatic heterocycles. The molecule has 1 aromatic rings. The summed E-state index contributed by atoms with van der Waals surface area (Å²) in [4.78, 5) is 13.6. The van der Waals surface area contributed by atoms with Crippen LogP contribution in [0.2, 0.25) is 0 Å². The number of rotatable bonds is 3. The van der Waals surface area contributed by atoms with Gasteiger partial charge in [-0.05, 0) is 5.56 Å². The molecule has 1 atom stereocenters. The Morgan fingerprint density at radius 2 is 2.28 bits per heavy atom. The Hall–Kier alpha value is -1.81. The summed E-state index contributed by atoms with van der Waals surface area (Å²) in [7, 11) is 0. The number of nitrogens with zero attached hydrogens (tertiary/aromatic N) is 1. The number of hydrogen-bond donors (Lipinski definition) is 1. The predicted octanol–water partition coefficient (Wildman–Crippen LogP) is 1.78. The van der Waals surface area contributed by atoms with Crippen LogP contribution < -0.4 is 5.32 Å². The molecular weight excluding hydrogens is 228 g/mol. The maximum absolute atomic E-state index is 11.9. The Morgan fingerprint density at radius 3 is 3.00 bits per heavy atom. The largest absolute Gasteiger partial charge is 0.445 e. The molecule has 1 aromatic carbocycles. The maximum Gasteiger partial charge on any atom is 0.410 e. The van der Waals surface area contributed by atoms with E-state index < -0.39 is 0 Å². The van der Waals surface area contributed by atoms with E-state index in [1.165, 1.54) is 0 Å². The lowest BCUT2D eigenvalue weighted by molar-refractivity contribution is 0.0880. The van der Waals surface area contributed by atoms with Crippen molar-refractivity contribution in [3.05, 3.63) is 48.6 Å². The summed E-state index contributed by atoms with van der Waals surface area (Å²) in [5, 5.41) is 3.26. The first-order valence-electron chi connectivity index (χ1n) is 6.11. The molecule has 1 amide bonds. The molecule has 1 N–H and O–H groups in total. The highest BCUT2D eigenvalue weighted by Gasteiger charge is 2.22. The smallest absolute Gasteiger partial charge is 0.410 e. The number of carbonyl (C=O) groups is 1. The van der Waals surface area contributed by atoms with Crippen molar-refractivity contribution >= 4 is 6.09 Å². The van der Waals surface area contributed by atoms with Crippen LogP contribution in [0, 0.1) is 0 Å². The van der Waals surface area contributed by atoms with Crippen molar-refractivity contribution in [3.63, 3.8) is 0 Å². The Kier molecular flexibility index (Phi) is 4.36. The van der Waals surface area contributed by atoms with Crippen LogP contribution in [-0.4, -0.2) is 36.7 Å². The molecule has 4 heteroatoms. The average Bonchev–Trinajstić information content (AvgIpc) is 2.46. The highest BCUT2D eigenvalue weighted by molar-refractivity contribution is 5.67. The second kappa shape index (κ2) is 6.21. The number of nitrogens with one attached hydrogen (secondary N) is 1. The lowest BCUT2D eigenvalue weighted by Gasteiger charge is -2.31. The summed E-state index contributed by atoms with van der Waals surface area (Å²) in [6.07, 6.45) is 1.56. The van der Waals surface area contributed by atoms with Gasteiger partial charge in [-0.3, -0.25) is 0 Å². The molecule has 0 saturated carbocycles. The SMILES string of the molecule is C=CC1CN(C(=O)OCc2ccccc2)CCN1. The zero-order valence-corrected chi connectivity index (χ0v) is 10.3. The van der Waals surface area contributed by atoms with Gasteiger partial charge in [-0.1, -0.05) is 36.4 Å². The number of carbonyl (C=O) groups excluding carboxylic acids is 1. The first-order valence-corrected chi connectivity index (χ1v) is 6.11. The lowest BCUT2D eigenvalue weighted by atomic mass is 10.2. The van der Waals surface area contributed by atoms with E-state index >= 15 is 0 Å². The molecular formula is C14H18N2O2. The number of ether oxygens (including phenoxy) is 1. The molecule has 0 radical (unpaired) electrons. The van der Waals surface area contributed by atoms with E-state index in [2.05, 4.69) is 11.9 Å². The normalized spacial score (nSPS) is 19.3. The van der Waals surface area contributed by atoms with Crippen LogP contribution in [0.4, 0.5) is 4.79 Å². The van der Waals surface area contributed by atoms with Crippen molar-refractivity contribution in [3.8, 4) is 0 Å². The Labute approximate surface area is 107 Å². The van der Waals surface area contributed by atoms with Crippen molar-refractivity contribution in [2.45, 2.75) is 12.6 Å². The van der Waals surface area contributed by atoms with E-state index in [1.807, 2.05) is 36.4 Å². The van der Waals surface area contributed by atoms with E-state index in [1.54, 1.807) is 4.90 Å². The van der Waals surface area contributed by atoms with E-state index in [-0.39, 0.29) is 12.1 Å². The van der Waals surface area contributed by atoms with Crippen LogP contribution in [0.25, 0.3) is 0 Å². The van der Waals surface area contributed by atoms with Crippen LogP contribution in [0.5, 0.6) is 0 Å². The zero-order valence-electron chi connectivity index (χ0n) is 10.3. The van der Waals surface area contributed by atoms with Crippen molar-refractivity contribution in [2.24, 2.45) is 0 Å². The number of amides is 1. The van der Waals surface area contributed by atoms with Gasteiger partial charge in [0.25, 0.3) is 0 Å². The van der Waals surface area contributed by atoms with Gasteiger partial charge in [0.05, 0.1) is 0 Å². The van der Waals surface area contributed by atoms with Crippen LogP contribution in [0.3, 0.4) is 0 Å². The fourth-order valence-corrected chi connectivity index (χ4v) is 1.91. The van der Waals surface area contributed by atoms with Crippen LogP contribution in [0.1, 0.15) is 5.56 Å². The van der Waals surface area contributed by atoms with Crippen molar-refractivity contribution in [1.29, 1.82) is 0 Å². The molecule has 0 bridgehead atoms. The summed E-state index contributed by atoms with van der Waals surface area (Å²) in [5.41, 5.74) is 1.00. The Balaban J connectivity index is 1.82. The minimum atomic E-state index is -0.257. The van der Waals surface area contributed by atoms with E-state index in [9.17, 15) is 4.79 Å². The number of hydrogen-bond acceptors (Lipinski definition) is 3. The first kappa shape index (κ1) is 12.6. The molecule has 0 spiro atoms. The number of benzene rings is 1. The minimum Gasteiger partial charge on any atom is -0.445 e. The van der Waals surface area contributed by atoms with Crippen molar-refractivity contribution in [1.82, 2.24) is 10.2 Å². The maximum atomic E-state index is 11.9. The highest BCUT2D eigenvalue weighted by atomic mass is 16.6. The summed E-state index contributed by atoms with van der Waals surface area (Å²) < 4.78 is 5.29. The third-order valence-corrected chi connectivity index (χ3v) is 2.95. The van der Waals surface area contributed by atoms with Gasteiger partial charge in [0, 0.05) is 25.7 Å². The molecule has 4 nitrogen and oxygen atoms in total. The van der Waals surface area contributed by atoms with Gasteiger partial charge in [0.2, 0.25) is 0 Å². The second-order valence-corrected chi connectivity index (χ2v) is 4.28. The monoisotopic (exact) mass is 246 g/mol. The van der Waals surface area contributed by atoms with Crippen molar-refractivity contribution in [2.75, 3.05) is 19.6 Å². The molecule has 1 heterocycles. The average molecular weight is 246 g/mol. The summed E-state index contributed by atoms with van der Waals surface area (Å²) in [6.45, 7) is 6.13. The van der Waals surface area contributed by atoms with Gasteiger partial charge in [0.1, 0.15) is 6.61 Å². The molecule has 96 valence electrons. The molecule has 18 heavy (non-hydrogen) atoms. The lowest BCUT2D eigenvalue weighted by Crippen LogP contribution is -2.51. The molecule has 1 fully saturated rings. The standard InChI is InChI=1S/C14H18N2O2/c1-2-13-10-16(9-8-15-13)14(17)18-11-12-6-4-3-5-7-12/h2-7,13,15H,1,8-11H2. The predicted molar refractivity (Wildman–Crippen MR) is 70.2 cm³/mol. The van der Waals surface area contributed by atoms with E-state index in [4.69, 9.17) is 4.74 Å². The fraction of sp³-hybridized carbons (Fsp3) is 0.357. The van der Waals surface area contributed by atoms with Gasteiger partial charge >= 0.3 is 6.09 Å². The van der Waals surface area contributed by atoms with Gasteiger partial charge in [-0.2, -0.15) is 0 Å². The summed E-state index contributed by atoms with van der Waals surface area (Å²) in [5.74, 6) is 0. The van der Waals surface area contributed by atoms with E-state index in [0.717, 1.165) is 12.1 Å². The first-order chi connectivity index (χ1) is 8.79. The van der Waals surface area contributed by atoms with Gasteiger partial charge < -0.3 is 15.0 Å². The second-order valence-electron chi connectivity index (χ2n) is 4.28. The molecule has 0 aliphatic carbocycles. The van der Waals surface area contributed by atoms with Crippen LogP contribution in [-0.2, 0) is 11.3 Å². The third kappa shape index (κ3) is 3.34. The van der Waals surface area contributed by atoms with Gasteiger partial charge in [0.15, 0.2) is 0 Å². The minimum absolute atomic E-state index is 0.156. The van der Waals surface area contributed by atoms with Gasteiger partial charge in [-0.15, -0.1) is 6.58 Å². The summed E-state index contributed by atoms with van der Waals surface area (Å²) in [6, 6.07) is 9.84. The Bertz CT molecular complexity index is 406. The van der Waals surface area contributed by atoms with Crippen LogP contribution in [0.15, 0.2) is 43.0 Å². The quantitative estimate of drug-likeness (QED) is 0.827. The molecule has 2 rings (SSSR count).